The summed E-state index contributed by atoms with van der Waals surface area (Å²) in [4.78, 5) is 0.269. The summed E-state index contributed by atoms with van der Waals surface area (Å²) in [6.07, 6.45) is 1.61. The van der Waals surface area contributed by atoms with E-state index in [-0.39, 0.29) is 22.1 Å². The number of hydrogen-bond donors (Lipinski definition) is 1. The van der Waals surface area contributed by atoms with Gasteiger partial charge in [0.15, 0.2) is 9.84 Å². The maximum Gasteiger partial charge on any atom is 0.183 e. The molecule has 0 amide bonds. The normalized spacial score (nSPS) is 27.6. The van der Waals surface area contributed by atoms with Gasteiger partial charge < -0.3 is 5.32 Å². The van der Waals surface area contributed by atoms with Crippen molar-refractivity contribution in [3.8, 4) is 0 Å². The largest absolute Gasteiger partial charge is 0.314 e. The van der Waals surface area contributed by atoms with Gasteiger partial charge in [-0.3, -0.25) is 0 Å². The van der Waals surface area contributed by atoms with E-state index in [0.717, 1.165) is 13.0 Å². The first-order valence-corrected chi connectivity index (χ1v) is 8.62. The summed E-state index contributed by atoms with van der Waals surface area (Å²) >= 11 is 6.04. The Bertz CT molecular complexity index is 544. The van der Waals surface area contributed by atoms with Crippen LogP contribution in [0.15, 0.2) is 29.2 Å². The van der Waals surface area contributed by atoms with Gasteiger partial charge in [0.1, 0.15) is 0 Å². The van der Waals surface area contributed by atoms with Crippen LogP contribution in [0, 0.1) is 5.92 Å². The smallest absolute Gasteiger partial charge is 0.183 e. The van der Waals surface area contributed by atoms with Crippen LogP contribution in [0.2, 0.25) is 5.02 Å². The fraction of sp³-hybridized carbons (Fsp3) is 0.571. The summed E-state index contributed by atoms with van der Waals surface area (Å²) in [5, 5.41) is 3.35. The molecule has 19 heavy (non-hydrogen) atoms. The third kappa shape index (κ3) is 2.81. The van der Waals surface area contributed by atoms with E-state index in [1.807, 2.05) is 13.8 Å². The van der Waals surface area contributed by atoms with Gasteiger partial charge in [-0.25, -0.2) is 8.42 Å². The number of sulfone groups is 1. The molecule has 0 heterocycles. The van der Waals surface area contributed by atoms with Crippen LogP contribution in [0.25, 0.3) is 0 Å². The maximum atomic E-state index is 12.7. The van der Waals surface area contributed by atoms with Crippen molar-refractivity contribution in [2.45, 2.75) is 42.9 Å². The van der Waals surface area contributed by atoms with Gasteiger partial charge in [-0.05, 0) is 37.4 Å². The molecule has 1 aromatic rings. The molecule has 1 aliphatic carbocycles. The molecule has 3 nitrogen and oxygen atoms in total. The van der Waals surface area contributed by atoms with Crippen LogP contribution in [0.1, 0.15) is 26.7 Å². The Morgan fingerprint density at radius 2 is 2.00 bits per heavy atom. The van der Waals surface area contributed by atoms with Gasteiger partial charge in [0.25, 0.3) is 0 Å². The highest BCUT2D eigenvalue weighted by Gasteiger charge is 2.41. The molecule has 1 N–H and O–H groups in total. The molecule has 1 aromatic carbocycles. The number of hydrogen-bond acceptors (Lipinski definition) is 3. The van der Waals surface area contributed by atoms with Crippen LogP contribution in [0.3, 0.4) is 0 Å². The third-order valence-electron chi connectivity index (χ3n) is 3.99. The quantitative estimate of drug-likeness (QED) is 0.930. The number of halogens is 1. The molecule has 0 radical (unpaired) electrons. The predicted octanol–water partition coefficient (Wildman–Crippen LogP) is 2.89. The Hall–Kier alpha value is -0.580. The first kappa shape index (κ1) is 14.8. The van der Waals surface area contributed by atoms with Crippen molar-refractivity contribution in [3.63, 3.8) is 0 Å². The second-order valence-corrected chi connectivity index (χ2v) is 7.66. The van der Waals surface area contributed by atoms with Gasteiger partial charge in [-0.2, -0.15) is 0 Å². The maximum absolute atomic E-state index is 12.7. The summed E-state index contributed by atoms with van der Waals surface area (Å²) in [5.74, 6) is 0.112. The summed E-state index contributed by atoms with van der Waals surface area (Å²) in [7, 11) is -3.34. The van der Waals surface area contributed by atoms with E-state index in [0.29, 0.717) is 11.4 Å². The van der Waals surface area contributed by atoms with Gasteiger partial charge in [-0.15, -0.1) is 0 Å². The van der Waals surface area contributed by atoms with E-state index < -0.39 is 9.84 Å². The van der Waals surface area contributed by atoms with Crippen LogP contribution in [0.5, 0.6) is 0 Å². The van der Waals surface area contributed by atoms with Gasteiger partial charge in [0, 0.05) is 6.04 Å². The van der Waals surface area contributed by atoms with Gasteiger partial charge in [0.2, 0.25) is 0 Å². The van der Waals surface area contributed by atoms with E-state index >= 15 is 0 Å². The Labute approximate surface area is 120 Å². The first-order valence-electron chi connectivity index (χ1n) is 6.70. The second kappa shape index (κ2) is 5.81. The molecule has 3 unspecified atom stereocenters. The van der Waals surface area contributed by atoms with Crippen molar-refractivity contribution < 1.29 is 8.42 Å². The van der Waals surface area contributed by atoms with Crippen molar-refractivity contribution in [2.75, 3.05) is 6.54 Å². The molecule has 106 valence electrons. The average molecular weight is 302 g/mol. The molecule has 1 aliphatic rings. The predicted molar refractivity (Wildman–Crippen MR) is 78.3 cm³/mol. The molecular formula is C14H20ClNO2S. The minimum atomic E-state index is -3.34. The van der Waals surface area contributed by atoms with Crippen molar-refractivity contribution in [1.29, 1.82) is 0 Å². The van der Waals surface area contributed by atoms with E-state index in [9.17, 15) is 8.42 Å². The molecule has 1 fully saturated rings. The fourth-order valence-electron chi connectivity index (χ4n) is 2.96. The zero-order chi connectivity index (χ0) is 14.0. The van der Waals surface area contributed by atoms with Crippen molar-refractivity contribution in [1.82, 2.24) is 5.32 Å². The minimum Gasteiger partial charge on any atom is -0.314 e. The van der Waals surface area contributed by atoms with E-state index in [2.05, 4.69) is 5.32 Å². The van der Waals surface area contributed by atoms with Crippen LogP contribution >= 0.6 is 11.6 Å². The lowest BCUT2D eigenvalue weighted by Crippen LogP contribution is -2.36. The van der Waals surface area contributed by atoms with E-state index in [1.54, 1.807) is 24.3 Å². The second-order valence-electron chi connectivity index (χ2n) is 5.11. The first-order chi connectivity index (χ1) is 8.98. The minimum absolute atomic E-state index is 0.112. The molecule has 0 bridgehead atoms. The fourth-order valence-corrected chi connectivity index (χ4v) is 5.55. The summed E-state index contributed by atoms with van der Waals surface area (Å²) in [5.41, 5.74) is 0. The molecule has 0 aliphatic heterocycles. The van der Waals surface area contributed by atoms with Crippen molar-refractivity contribution in [3.05, 3.63) is 29.3 Å². The monoisotopic (exact) mass is 301 g/mol. The van der Waals surface area contributed by atoms with Crippen LogP contribution in [-0.2, 0) is 9.84 Å². The zero-order valence-electron chi connectivity index (χ0n) is 11.3. The Morgan fingerprint density at radius 3 is 2.63 bits per heavy atom. The van der Waals surface area contributed by atoms with Crippen LogP contribution in [0.4, 0.5) is 0 Å². The number of nitrogens with one attached hydrogen (secondary N) is 1. The summed E-state index contributed by atoms with van der Waals surface area (Å²) in [6.45, 7) is 4.93. The van der Waals surface area contributed by atoms with Crippen molar-refractivity contribution in [2.24, 2.45) is 5.92 Å². The van der Waals surface area contributed by atoms with Crippen LogP contribution in [-0.4, -0.2) is 26.3 Å². The average Bonchev–Trinajstić information content (AvgIpc) is 2.72. The lowest BCUT2D eigenvalue weighted by Gasteiger charge is -2.21. The molecule has 0 saturated heterocycles. The van der Waals surface area contributed by atoms with Gasteiger partial charge in [0.05, 0.1) is 15.2 Å². The third-order valence-corrected chi connectivity index (χ3v) is 6.86. The van der Waals surface area contributed by atoms with E-state index in [1.165, 1.54) is 0 Å². The van der Waals surface area contributed by atoms with E-state index in [4.69, 9.17) is 11.6 Å². The molecule has 0 spiro atoms. The topological polar surface area (TPSA) is 46.2 Å². The van der Waals surface area contributed by atoms with Crippen molar-refractivity contribution >= 4 is 21.4 Å². The molecular weight excluding hydrogens is 282 g/mol. The Morgan fingerprint density at radius 1 is 1.32 bits per heavy atom. The number of rotatable bonds is 4. The lowest BCUT2D eigenvalue weighted by atomic mass is 10.1. The molecule has 0 aromatic heterocycles. The highest BCUT2D eigenvalue weighted by Crippen LogP contribution is 2.36. The standard InChI is InChI=1S/C14H20ClNO2S/c1-3-16-12-8-9-13(10(12)2)19(17,18)14-7-5-4-6-11(14)15/h4-7,10,12-13,16H,3,8-9H2,1-2H3. The summed E-state index contributed by atoms with van der Waals surface area (Å²) < 4.78 is 25.4. The molecule has 3 atom stereocenters. The Kier molecular flexibility index (Phi) is 4.54. The van der Waals surface area contributed by atoms with Gasteiger partial charge in [-0.1, -0.05) is 37.6 Å². The Balaban J connectivity index is 2.29. The molecule has 5 heteroatoms. The lowest BCUT2D eigenvalue weighted by molar-refractivity contribution is 0.433. The number of benzene rings is 1. The van der Waals surface area contributed by atoms with Crippen LogP contribution < -0.4 is 5.32 Å². The summed E-state index contributed by atoms with van der Waals surface area (Å²) in [6, 6.07) is 6.99. The molecule has 2 rings (SSSR count). The SMILES string of the molecule is CCNC1CCC(S(=O)(=O)c2ccccc2Cl)C1C. The highest BCUT2D eigenvalue weighted by molar-refractivity contribution is 7.92. The van der Waals surface area contributed by atoms with Gasteiger partial charge >= 0.3 is 0 Å². The highest BCUT2D eigenvalue weighted by atomic mass is 35.5. The zero-order valence-corrected chi connectivity index (χ0v) is 12.8. The molecule has 1 saturated carbocycles.